The molecule has 0 radical (unpaired) electrons. The van der Waals surface area contributed by atoms with Gasteiger partial charge in [-0.3, -0.25) is 4.98 Å². The predicted octanol–water partition coefficient (Wildman–Crippen LogP) is 3.66. The van der Waals surface area contributed by atoms with Crippen LogP contribution in [0.5, 0.6) is 5.75 Å². The maximum Gasteiger partial charge on any atom is 0.407 e. The molecule has 1 N–H and O–H groups in total. The second kappa shape index (κ2) is 7.02. The third kappa shape index (κ3) is 3.84. The molecule has 1 aliphatic rings. The third-order valence-corrected chi connectivity index (χ3v) is 4.46. The molecule has 1 aromatic carbocycles. The van der Waals surface area contributed by atoms with Crippen LogP contribution in [-0.4, -0.2) is 42.9 Å². The Bertz CT molecular complexity index is 814. The van der Waals surface area contributed by atoms with E-state index in [1.807, 2.05) is 39.1 Å². The Balaban J connectivity index is 1.81. The molecule has 1 unspecified atom stereocenters. The fourth-order valence-electron chi connectivity index (χ4n) is 3.42. The summed E-state index contributed by atoms with van der Waals surface area (Å²) in [6, 6.07) is 6.05. The molecule has 0 saturated carbocycles. The summed E-state index contributed by atoms with van der Waals surface area (Å²) in [5, 5.41) is 4.05. The number of aromatic nitrogens is 1. The molecule has 6 nitrogen and oxygen atoms in total. The Kier molecular flexibility index (Phi) is 4.94. The van der Waals surface area contributed by atoms with Gasteiger partial charge in [-0.1, -0.05) is 12.1 Å². The summed E-state index contributed by atoms with van der Waals surface area (Å²) in [7, 11) is 1.66. The van der Waals surface area contributed by atoms with Crippen LogP contribution in [0.25, 0.3) is 10.9 Å². The molecule has 1 aliphatic heterocycles. The lowest BCUT2D eigenvalue weighted by Gasteiger charge is -2.24. The van der Waals surface area contributed by atoms with Crippen LogP contribution >= 0.6 is 0 Å². The first kappa shape index (κ1) is 18.3. The number of amides is 1. The van der Waals surface area contributed by atoms with E-state index in [2.05, 4.69) is 28.2 Å². The van der Waals surface area contributed by atoms with Crippen molar-refractivity contribution in [3.63, 3.8) is 0 Å². The molecule has 2 aromatic rings. The number of hydrogen-bond donors (Lipinski definition) is 1. The first-order chi connectivity index (χ1) is 12.3. The smallest absolute Gasteiger partial charge is 0.407 e. The Morgan fingerprint density at radius 2 is 2.12 bits per heavy atom. The average Bonchev–Trinajstić information content (AvgIpc) is 2.99. The van der Waals surface area contributed by atoms with Gasteiger partial charge in [-0.05, 0) is 45.7 Å². The topological polar surface area (TPSA) is 63.7 Å². The van der Waals surface area contributed by atoms with Gasteiger partial charge in [0, 0.05) is 24.7 Å². The van der Waals surface area contributed by atoms with Crippen molar-refractivity contribution in [2.75, 3.05) is 25.1 Å². The predicted molar refractivity (Wildman–Crippen MR) is 103 cm³/mol. The van der Waals surface area contributed by atoms with Crippen molar-refractivity contribution in [3.8, 4) is 5.75 Å². The van der Waals surface area contributed by atoms with E-state index in [1.165, 1.54) is 0 Å². The van der Waals surface area contributed by atoms with Crippen molar-refractivity contribution in [2.45, 2.75) is 45.8 Å². The molecule has 2 heterocycles. The minimum atomic E-state index is -0.489. The summed E-state index contributed by atoms with van der Waals surface area (Å²) in [5.41, 5.74) is 2.64. The van der Waals surface area contributed by atoms with Crippen LogP contribution in [0.1, 0.15) is 32.8 Å². The van der Waals surface area contributed by atoms with E-state index in [0.29, 0.717) is 0 Å². The standard InChI is InChI=1S/C20H27N3O3/c1-13-11-21-17-15(7-6-8-16(17)25-5)18(13)23-10-9-14(12-23)22-19(24)26-20(2,3)4/h6-8,11,14H,9-10,12H2,1-5H3,(H,22,24). The summed E-state index contributed by atoms with van der Waals surface area (Å²) < 4.78 is 10.8. The van der Waals surface area contributed by atoms with Crippen molar-refractivity contribution in [2.24, 2.45) is 0 Å². The molecule has 1 fully saturated rings. The summed E-state index contributed by atoms with van der Waals surface area (Å²) in [4.78, 5) is 18.9. The van der Waals surface area contributed by atoms with Crippen molar-refractivity contribution >= 4 is 22.7 Å². The highest BCUT2D eigenvalue weighted by atomic mass is 16.6. The molecule has 140 valence electrons. The largest absolute Gasteiger partial charge is 0.494 e. The number of ether oxygens (including phenoxy) is 2. The van der Waals surface area contributed by atoms with Crippen LogP contribution in [0.4, 0.5) is 10.5 Å². The number of benzene rings is 1. The molecule has 0 aliphatic carbocycles. The number of hydrogen-bond acceptors (Lipinski definition) is 5. The highest BCUT2D eigenvalue weighted by Gasteiger charge is 2.28. The van der Waals surface area contributed by atoms with E-state index < -0.39 is 5.60 Å². The number of methoxy groups -OCH3 is 1. The zero-order valence-corrected chi connectivity index (χ0v) is 16.1. The summed E-state index contributed by atoms with van der Waals surface area (Å²) in [6.07, 6.45) is 2.41. The van der Waals surface area contributed by atoms with Crippen molar-refractivity contribution in [1.29, 1.82) is 0 Å². The fourth-order valence-corrected chi connectivity index (χ4v) is 3.42. The lowest BCUT2D eigenvalue weighted by molar-refractivity contribution is 0.0509. The number of anilines is 1. The Hall–Kier alpha value is -2.50. The number of aryl methyl sites for hydroxylation is 1. The number of alkyl carbamates (subject to hydrolysis) is 1. The molecule has 3 rings (SSSR count). The minimum absolute atomic E-state index is 0.0677. The molecule has 1 saturated heterocycles. The highest BCUT2D eigenvalue weighted by Crippen LogP contribution is 2.35. The fraction of sp³-hybridized carbons (Fsp3) is 0.500. The number of nitrogens with zero attached hydrogens (tertiary/aromatic N) is 2. The minimum Gasteiger partial charge on any atom is -0.494 e. The number of para-hydroxylation sites is 1. The van der Waals surface area contributed by atoms with Crippen LogP contribution in [0, 0.1) is 6.92 Å². The third-order valence-electron chi connectivity index (χ3n) is 4.46. The van der Waals surface area contributed by atoms with E-state index in [1.54, 1.807) is 7.11 Å². The van der Waals surface area contributed by atoms with Crippen molar-refractivity contribution < 1.29 is 14.3 Å². The normalized spacial score (nSPS) is 17.4. The quantitative estimate of drug-likeness (QED) is 0.908. The molecule has 26 heavy (non-hydrogen) atoms. The van der Waals surface area contributed by atoms with Gasteiger partial charge in [0.2, 0.25) is 0 Å². The zero-order chi connectivity index (χ0) is 18.9. The molecule has 1 atom stereocenters. The first-order valence-corrected chi connectivity index (χ1v) is 8.95. The van der Waals surface area contributed by atoms with Gasteiger partial charge in [0.25, 0.3) is 0 Å². The summed E-state index contributed by atoms with van der Waals surface area (Å²) in [5.74, 6) is 0.770. The number of carbonyl (C=O) groups is 1. The monoisotopic (exact) mass is 357 g/mol. The molecule has 1 amide bonds. The van der Waals surface area contributed by atoms with Gasteiger partial charge >= 0.3 is 6.09 Å². The van der Waals surface area contributed by atoms with Gasteiger partial charge in [0.1, 0.15) is 16.9 Å². The number of pyridine rings is 1. The van der Waals surface area contributed by atoms with Crippen LogP contribution in [-0.2, 0) is 4.74 Å². The second-order valence-electron chi connectivity index (χ2n) is 7.72. The van der Waals surface area contributed by atoms with Crippen LogP contribution in [0.2, 0.25) is 0 Å². The van der Waals surface area contributed by atoms with Crippen LogP contribution in [0.15, 0.2) is 24.4 Å². The number of fused-ring (bicyclic) bond motifs is 1. The van der Waals surface area contributed by atoms with Crippen LogP contribution in [0.3, 0.4) is 0 Å². The van der Waals surface area contributed by atoms with Gasteiger partial charge in [-0.15, -0.1) is 0 Å². The second-order valence-corrected chi connectivity index (χ2v) is 7.72. The number of carbonyl (C=O) groups excluding carboxylic acids is 1. The van der Waals surface area contributed by atoms with Gasteiger partial charge in [-0.25, -0.2) is 4.79 Å². The van der Waals surface area contributed by atoms with E-state index in [-0.39, 0.29) is 12.1 Å². The van der Waals surface area contributed by atoms with Crippen LogP contribution < -0.4 is 15.0 Å². The zero-order valence-electron chi connectivity index (χ0n) is 16.1. The summed E-state index contributed by atoms with van der Waals surface area (Å²) >= 11 is 0. The van der Waals surface area contributed by atoms with Crippen molar-refractivity contribution in [3.05, 3.63) is 30.0 Å². The van der Waals surface area contributed by atoms with Gasteiger partial charge < -0.3 is 19.7 Å². The molecule has 6 heteroatoms. The van der Waals surface area contributed by atoms with E-state index in [9.17, 15) is 4.79 Å². The van der Waals surface area contributed by atoms with Gasteiger partial charge in [0.15, 0.2) is 0 Å². The average molecular weight is 357 g/mol. The molecule has 0 spiro atoms. The lowest BCUT2D eigenvalue weighted by Crippen LogP contribution is -2.40. The SMILES string of the molecule is COc1cccc2c(N3CCC(NC(=O)OC(C)(C)C)C3)c(C)cnc12. The van der Waals surface area contributed by atoms with Crippen molar-refractivity contribution in [1.82, 2.24) is 10.3 Å². The van der Waals surface area contributed by atoms with E-state index in [0.717, 1.165) is 47.4 Å². The van der Waals surface area contributed by atoms with Gasteiger partial charge in [-0.2, -0.15) is 0 Å². The molecule has 1 aromatic heterocycles. The summed E-state index contributed by atoms with van der Waals surface area (Å²) in [6.45, 7) is 9.29. The maximum absolute atomic E-state index is 12.0. The Morgan fingerprint density at radius 3 is 2.81 bits per heavy atom. The van der Waals surface area contributed by atoms with E-state index in [4.69, 9.17) is 9.47 Å². The first-order valence-electron chi connectivity index (χ1n) is 8.95. The maximum atomic E-state index is 12.0. The highest BCUT2D eigenvalue weighted by molar-refractivity contribution is 5.96. The van der Waals surface area contributed by atoms with Gasteiger partial charge in [0.05, 0.1) is 18.8 Å². The molecular formula is C20H27N3O3. The molecule has 0 bridgehead atoms. The molecular weight excluding hydrogens is 330 g/mol. The number of nitrogens with one attached hydrogen (secondary N) is 1. The number of rotatable bonds is 3. The van der Waals surface area contributed by atoms with E-state index >= 15 is 0 Å². The Labute approximate surface area is 154 Å². The Morgan fingerprint density at radius 1 is 1.35 bits per heavy atom. The lowest BCUT2D eigenvalue weighted by atomic mass is 10.1.